The van der Waals surface area contributed by atoms with Crippen LogP contribution in [0.2, 0.25) is 0 Å². The number of aromatic carboxylic acids is 1. The van der Waals surface area contributed by atoms with E-state index >= 15 is 0 Å². The molecule has 0 atom stereocenters. The fourth-order valence-corrected chi connectivity index (χ4v) is 5.84. The molecule has 3 aromatic rings. The average molecular weight is 441 g/mol. The summed E-state index contributed by atoms with van der Waals surface area (Å²) in [6.07, 6.45) is 2.92. The summed E-state index contributed by atoms with van der Waals surface area (Å²) in [6, 6.07) is 22.6. The zero-order chi connectivity index (χ0) is 23.8. The summed E-state index contributed by atoms with van der Waals surface area (Å²) in [5.41, 5.74) is 6.06. The van der Waals surface area contributed by atoms with Crippen molar-refractivity contribution in [1.29, 1.82) is 0 Å². The molecule has 0 saturated heterocycles. The lowest BCUT2D eigenvalue weighted by atomic mass is 9.62. The lowest BCUT2D eigenvalue weighted by Crippen LogP contribution is -2.30. The van der Waals surface area contributed by atoms with Gasteiger partial charge in [-0.05, 0) is 70.1 Å². The standard InChI is InChI=1S/C30H32O3/c1-29(2)17-22(18-30(3,4)19-29)26(21-13-15-23(31)16-14-21)25-12-8-11-24(27(25)28(32)33)20-9-6-5-7-10-20/h5-16,31H,17-19H2,1-4H3,(H,32,33). The highest BCUT2D eigenvalue weighted by Gasteiger charge is 2.37. The van der Waals surface area contributed by atoms with E-state index in [4.69, 9.17) is 0 Å². The van der Waals surface area contributed by atoms with Crippen LogP contribution in [-0.2, 0) is 0 Å². The van der Waals surface area contributed by atoms with Crippen LogP contribution in [-0.4, -0.2) is 16.2 Å². The molecule has 0 radical (unpaired) electrons. The van der Waals surface area contributed by atoms with Crippen LogP contribution in [0.25, 0.3) is 16.7 Å². The Morgan fingerprint density at radius 3 is 1.97 bits per heavy atom. The summed E-state index contributed by atoms with van der Waals surface area (Å²) in [7, 11) is 0. The molecule has 33 heavy (non-hydrogen) atoms. The van der Waals surface area contributed by atoms with E-state index in [-0.39, 0.29) is 16.6 Å². The lowest BCUT2D eigenvalue weighted by molar-refractivity contribution is 0.0697. The zero-order valence-electron chi connectivity index (χ0n) is 19.9. The molecule has 1 saturated carbocycles. The summed E-state index contributed by atoms with van der Waals surface area (Å²) < 4.78 is 0. The molecule has 2 N–H and O–H groups in total. The Balaban J connectivity index is 2.04. The van der Waals surface area contributed by atoms with E-state index < -0.39 is 5.97 Å². The molecular formula is C30H32O3. The predicted octanol–water partition coefficient (Wildman–Crippen LogP) is 7.80. The second kappa shape index (κ2) is 8.55. The van der Waals surface area contributed by atoms with Gasteiger partial charge in [0.2, 0.25) is 0 Å². The number of aromatic hydroxyl groups is 1. The minimum Gasteiger partial charge on any atom is -0.508 e. The largest absolute Gasteiger partial charge is 0.508 e. The van der Waals surface area contributed by atoms with Gasteiger partial charge in [0.05, 0.1) is 5.56 Å². The van der Waals surface area contributed by atoms with Crippen molar-refractivity contribution in [3.63, 3.8) is 0 Å². The summed E-state index contributed by atoms with van der Waals surface area (Å²) in [5.74, 6) is -0.737. The summed E-state index contributed by atoms with van der Waals surface area (Å²) >= 11 is 0. The molecule has 3 aromatic carbocycles. The monoisotopic (exact) mass is 440 g/mol. The topological polar surface area (TPSA) is 57.5 Å². The van der Waals surface area contributed by atoms with E-state index in [1.807, 2.05) is 60.7 Å². The van der Waals surface area contributed by atoms with Gasteiger partial charge in [0, 0.05) is 0 Å². The molecule has 3 heteroatoms. The Kier molecular flexibility index (Phi) is 5.92. The molecule has 0 amide bonds. The highest BCUT2D eigenvalue weighted by atomic mass is 16.4. The van der Waals surface area contributed by atoms with Crippen LogP contribution in [0.5, 0.6) is 5.75 Å². The molecule has 170 valence electrons. The van der Waals surface area contributed by atoms with Crippen molar-refractivity contribution in [1.82, 2.24) is 0 Å². The maximum absolute atomic E-state index is 12.7. The van der Waals surface area contributed by atoms with Crippen LogP contribution in [0.15, 0.2) is 78.4 Å². The van der Waals surface area contributed by atoms with Gasteiger partial charge in [-0.25, -0.2) is 4.79 Å². The quantitative estimate of drug-likeness (QED) is 0.435. The molecule has 1 fully saturated rings. The molecule has 1 aliphatic rings. The van der Waals surface area contributed by atoms with Crippen LogP contribution in [0, 0.1) is 10.8 Å². The second-order valence-corrected chi connectivity index (χ2v) is 10.8. The Morgan fingerprint density at radius 2 is 1.39 bits per heavy atom. The molecule has 1 aliphatic carbocycles. The van der Waals surface area contributed by atoms with Crippen molar-refractivity contribution < 1.29 is 15.0 Å². The smallest absolute Gasteiger partial charge is 0.336 e. The number of phenolic OH excluding ortho intramolecular Hbond substituents is 1. The van der Waals surface area contributed by atoms with Crippen molar-refractivity contribution in [2.45, 2.75) is 47.0 Å². The van der Waals surface area contributed by atoms with E-state index in [1.165, 1.54) is 5.57 Å². The van der Waals surface area contributed by atoms with Gasteiger partial charge in [0.25, 0.3) is 0 Å². The second-order valence-electron chi connectivity index (χ2n) is 10.8. The Morgan fingerprint density at radius 1 is 0.788 bits per heavy atom. The Hall–Kier alpha value is -3.33. The van der Waals surface area contributed by atoms with Crippen LogP contribution in [0.1, 0.15) is 68.4 Å². The Labute approximate surface area is 196 Å². The fraction of sp³-hybridized carbons (Fsp3) is 0.300. The molecular weight excluding hydrogens is 408 g/mol. The van der Waals surface area contributed by atoms with E-state index in [0.29, 0.717) is 11.1 Å². The third-order valence-corrected chi connectivity index (χ3v) is 6.48. The molecule has 0 spiro atoms. The number of carboxylic acid groups (broad SMARTS) is 1. The van der Waals surface area contributed by atoms with Gasteiger partial charge in [0.15, 0.2) is 0 Å². The van der Waals surface area contributed by atoms with Gasteiger partial charge in [-0.1, -0.05) is 93.9 Å². The third kappa shape index (κ3) is 4.88. The van der Waals surface area contributed by atoms with Crippen LogP contribution in [0.4, 0.5) is 0 Å². The van der Waals surface area contributed by atoms with Gasteiger partial charge in [0.1, 0.15) is 5.75 Å². The minimum absolute atomic E-state index is 0.111. The van der Waals surface area contributed by atoms with Crippen LogP contribution in [0.3, 0.4) is 0 Å². The summed E-state index contributed by atoms with van der Waals surface area (Å²) in [6.45, 7) is 9.17. The lowest BCUT2D eigenvalue weighted by Gasteiger charge is -2.43. The van der Waals surface area contributed by atoms with Gasteiger partial charge >= 0.3 is 5.97 Å². The normalized spacial score (nSPS) is 16.9. The van der Waals surface area contributed by atoms with E-state index in [9.17, 15) is 15.0 Å². The van der Waals surface area contributed by atoms with Crippen molar-refractivity contribution in [2.24, 2.45) is 10.8 Å². The van der Waals surface area contributed by atoms with Gasteiger partial charge in [-0.3, -0.25) is 0 Å². The summed E-state index contributed by atoms with van der Waals surface area (Å²) in [4.78, 5) is 12.7. The van der Waals surface area contributed by atoms with Crippen molar-refractivity contribution >= 4 is 11.5 Å². The highest BCUT2D eigenvalue weighted by Crippen LogP contribution is 2.51. The van der Waals surface area contributed by atoms with Gasteiger partial charge < -0.3 is 10.2 Å². The van der Waals surface area contributed by atoms with E-state index in [2.05, 4.69) is 27.7 Å². The SMILES string of the molecule is CC1(C)CC(=C(c2ccc(O)cc2)c2cccc(-c3ccccc3)c2C(=O)O)CC(C)(C)C1. The zero-order valence-corrected chi connectivity index (χ0v) is 19.9. The fourth-order valence-electron chi connectivity index (χ4n) is 5.84. The number of hydrogen-bond donors (Lipinski definition) is 2. The first kappa shape index (κ1) is 22.8. The van der Waals surface area contributed by atoms with Crippen molar-refractivity contribution in [3.8, 4) is 16.9 Å². The van der Waals surface area contributed by atoms with E-state index in [1.54, 1.807) is 12.1 Å². The highest BCUT2D eigenvalue weighted by molar-refractivity contribution is 6.03. The number of rotatable bonds is 4. The van der Waals surface area contributed by atoms with Crippen molar-refractivity contribution in [2.75, 3.05) is 0 Å². The molecule has 3 nitrogen and oxygen atoms in total. The first-order valence-electron chi connectivity index (χ1n) is 11.5. The summed E-state index contributed by atoms with van der Waals surface area (Å²) in [5, 5.41) is 20.3. The first-order chi connectivity index (χ1) is 15.6. The predicted molar refractivity (Wildman–Crippen MR) is 134 cm³/mol. The Bertz CT molecular complexity index is 1180. The number of carboxylic acids is 1. The third-order valence-electron chi connectivity index (χ3n) is 6.48. The number of allylic oxidation sites excluding steroid dienone is 1. The first-order valence-corrected chi connectivity index (χ1v) is 11.5. The van der Waals surface area contributed by atoms with Crippen molar-refractivity contribution in [3.05, 3.63) is 95.1 Å². The molecule has 0 aliphatic heterocycles. The maximum atomic E-state index is 12.7. The maximum Gasteiger partial charge on any atom is 0.336 e. The number of hydrogen-bond acceptors (Lipinski definition) is 2. The van der Waals surface area contributed by atoms with Crippen LogP contribution >= 0.6 is 0 Å². The molecule has 0 bridgehead atoms. The molecule has 0 unspecified atom stereocenters. The number of benzene rings is 3. The number of phenols is 1. The molecule has 4 rings (SSSR count). The molecule has 0 heterocycles. The van der Waals surface area contributed by atoms with Crippen LogP contribution < -0.4 is 0 Å². The minimum atomic E-state index is -0.935. The van der Waals surface area contributed by atoms with Gasteiger partial charge in [-0.15, -0.1) is 0 Å². The van der Waals surface area contributed by atoms with E-state index in [0.717, 1.165) is 41.5 Å². The number of carbonyl (C=O) groups is 1. The molecule has 0 aromatic heterocycles. The average Bonchev–Trinajstić information content (AvgIpc) is 2.73. The van der Waals surface area contributed by atoms with Gasteiger partial charge in [-0.2, -0.15) is 0 Å².